The lowest BCUT2D eigenvalue weighted by Crippen LogP contribution is -2.10. The maximum Gasteiger partial charge on any atom is 0.338 e. The van der Waals surface area contributed by atoms with Crippen LogP contribution in [-0.2, 0) is 4.74 Å². The summed E-state index contributed by atoms with van der Waals surface area (Å²) in [6.45, 7) is 3.49. The fourth-order valence-electron chi connectivity index (χ4n) is 2.64. The molecule has 26 heavy (non-hydrogen) atoms. The van der Waals surface area contributed by atoms with Crippen LogP contribution in [0.4, 0.5) is 0 Å². The van der Waals surface area contributed by atoms with Crippen molar-refractivity contribution in [2.24, 2.45) is 0 Å². The molecule has 0 aliphatic rings. The highest BCUT2D eigenvalue weighted by atomic mass is 16.5. The van der Waals surface area contributed by atoms with Crippen molar-refractivity contribution in [3.8, 4) is 11.5 Å². The molecule has 2 heterocycles. The SMILES string of the molecule is Cc1nnc(-c2cccc(C(=O)O[C@@H](C)c3nc4ccccc4[nH]3)c2)o1. The number of para-hydroxylation sites is 2. The van der Waals surface area contributed by atoms with E-state index in [4.69, 9.17) is 9.15 Å². The van der Waals surface area contributed by atoms with Crippen LogP contribution in [0, 0.1) is 6.92 Å². The number of fused-ring (bicyclic) bond motifs is 1. The molecule has 2 aromatic heterocycles. The van der Waals surface area contributed by atoms with Crippen LogP contribution in [0.1, 0.15) is 35.1 Å². The Hall–Kier alpha value is -3.48. The Labute approximate surface area is 149 Å². The number of aromatic nitrogens is 4. The molecular weight excluding hydrogens is 332 g/mol. The first-order chi connectivity index (χ1) is 12.6. The van der Waals surface area contributed by atoms with Gasteiger partial charge in [0.2, 0.25) is 11.8 Å². The van der Waals surface area contributed by atoms with Gasteiger partial charge in [-0.1, -0.05) is 18.2 Å². The van der Waals surface area contributed by atoms with Gasteiger partial charge in [-0.25, -0.2) is 9.78 Å². The fraction of sp³-hybridized carbons (Fsp3) is 0.158. The quantitative estimate of drug-likeness (QED) is 0.563. The molecule has 7 nitrogen and oxygen atoms in total. The molecule has 0 fully saturated rings. The van der Waals surface area contributed by atoms with Crippen LogP contribution in [0.3, 0.4) is 0 Å². The Morgan fingerprint density at radius 2 is 2.00 bits per heavy atom. The van der Waals surface area contributed by atoms with E-state index >= 15 is 0 Å². The molecule has 4 rings (SSSR count). The Bertz CT molecular complexity index is 1050. The summed E-state index contributed by atoms with van der Waals surface area (Å²) in [5.41, 5.74) is 2.80. The number of carbonyl (C=O) groups is 1. The molecular formula is C19H16N4O3. The molecule has 2 aromatic carbocycles. The number of nitrogens with zero attached hydrogens (tertiary/aromatic N) is 3. The van der Waals surface area contributed by atoms with Crippen LogP contribution < -0.4 is 0 Å². The lowest BCUT2D eigenvalue weighted by Gasteiger charge is -2.11. The first kappa shape index (κ1) is 16.0. The maximum atomic E-state index is 12.5. The number of aromatic amines is 1. The van der Waals surface area contributed by atoms with Crippen molar-refractivity contribution in [2.75, 3.05) is 0 Å². The van der Waals surface area contributed by atoms with Gasteiger partial charge in [-0.3, -0.25) is 0 Å². The van der Waals surface area contributed by atoms with Gasteiger partial charge in [0.25, 0.3) is 0 Å². The zero-order chi connectivity index (χ0) is 18.1. The van der Waals surface area contributed by atoms with Gasteiger partial charge in [0.15, 0.2) is 6.10 Å². The molecule has 4 aromatic rings. The molecule has 0 aliphatic carbocycles. The number of benzene rings is 2. The van der Waals surface area contributed by atoms with Gasteiger partial charge in [0.1, 0.15) is 5.82 Å². The van der Waals surface area contributed by atoms with Gasteiger partial charge in [0.05, 0.1) is 16.6 Å². The number of aryl methyl sites for hydroxylation is 1. The summed E-state index contributed by atoms with van der Waals surface area (Å²) >= 11 is 0. The van der Waals surface area contributed by atoms with E-state index in [-0.39, 0.29) is 0 Å². The minimum Gasteiger partial charge on any atom is -0.451 e. The predicted octanol–water partition coefficient (Wildman–Crippen LogP) is 3.84. The van der Waals surface area contributed by atoms with Crippen molar-refractivity contribution in [1.29, 1.82) is 0 Å². The van der Waals surface area contributed by atoms with Crippen LogP contribution in [0.5, 0.6) is 0 Å². The summed E-state index contributed by atoms with van der Waals surface area (Å²) in [4.78, 5) is 20.1. The van der Waals surface area contributed by atoms with Gasteiger partial charge in [-0.2, -0.15) is 0 Å². The van der Waals surface area contributed by atoms with Crippen LogP contribution in [0.15, 0.2) is 52.9 Å². The average molecular weight is 348 g/mol. The number of rotatable bonds is 4. The van der Waals surface area contributed by atoms with Crippen molar-refractivity contribution in [2.45, 2.75) is 20.0 Å². The standard InChI is InChI=1S/C19H16N4O3/c1-11(17-20-15-8-3-4-9-16(15)21-17)25-19(24)14-7-5-6-13(10-14)18-23-22-12(2)26-18/h3-11H,1-2H3,(H,20,21)/t11-/m0/s1. The largest absolute Gasteiger partial charge is 0.451 e. The second-order valence-electron chi connectivity index (χ2n) is 5.89. The summed E-state index contributed by atoms with van der Waals surface area (Å²) in [6, 6.07) is 14.6. The summed E-state index contributed by atoms with van der Waals surface area (Å²) in [6.07, 6.45) is -0.510. The van der Waals surface area contributed by atoms with Gasteiger partial charge >= 0.3 is 5.97 Å². The molecule has 130 valence electrons. The van der Waals surface area contributed by atoms with Gasteiger partial charge in [-0.15, -0.1) is 10.2 Å². The highest BCUT2D eigenvalue weighted by Gasteiger charge is 2.18. The predicted molar refractivity (Wildman–Crippen MR) is 94.4 cm³/mol. The first-order valence-electron chi connectivity index (χ1n) is 8.16. The van der Waals surface area contributed by atoms with E-state index in [1.807, 2.05) is 24.3 Å². The van der Waals surface area contributed by atoms with Crippen molar-refractivity contribution in [1.82, 2.24) is 20.2 Å². The third-order valence-corrected chi connectivity index (χ3v) is 3.95. The van der Waals surface area contributed by atoms with E-state index in [0.717, 1.165) is 11.0 Å². The number of hydrogen-bond donors (Lipinski definition) is 1. The van der Waals surface area contributed by atoms with Gasteiger partial charge < -0.3 is 14.1 Å². The smallest absolute Gasteiger partial charge is 0.338 e. The number of esters is 1. The number of hydrogen-bond acceptors (Lipinski definition) is 6. The summed E-state index contributed by atoms with van der Waals surface area (Å²) in [7, 11) is 0. The first-order valence-corrected chi connectivity index (χ1v) is 8.16. The minimum atomic E-state index is -0.510. The van der Waals surface area contributed by atoms with E-state index in [1.165, 1.54) is 0 Å². The molecule has 0 saturated heterocycles. The second-order valence-corrected chi connectivity index (χ2v) is 5.89. The average Bonchev–Trinajstić information content (AvgIpc) is 3.28. The van der Waals surface area contributed by atoms with E-state index in [0.29, 0.717) is 28.7 Å². The van der Waals surface area contributed by atoms with Crippen molar-refractivity contribution >= 4 is 17.0 Å². The summed E-state index contributed by atoms with van der Waals surface area (Å²) < 4.78 is 10.9. The molecule has 0 unspecified atom stereocenters. The normalized spacial score (nSPS) is 12.2. The highest BCUT2D eigenvalue weighted by Crippen LogP contribution is 2.22. The van der Waals surface area contributed by atoms with Crippen molar-refractivity contribution in [3.05, 3.63) is 65.8 Å². The lowest BCUT2D eigenvalue weighted by molar-refractivity contribution is 0.0322. The van der Waals surface area contributed by atoms with E-state index < -0.39 is 12.1 Å². The molecule has 0 aliphatic heterocycles. The topological polar surface area (TPSA) is 93.9 Å². The fourth-order valence-corrected chi connectivity index (χ4v) is 2.64. The number of H-pyrrole nitrogens is 1. The van der Waals surface area contributed by atoms with Gasteiger partial charge in [-0.05, 0) is 37.3 Å². The van der Waals surface area contributed by atoms with E-state index in [1.54, 1.807) is 38.1 Å². The monoisotopic (exact) mass is 348 g/mol. The Balaban J connectivity index is 1.54. The van der Waals surface area contributed by atoms with E-state index in [2.05, 4.69) is 20.2 Å². The number of ether oxygens (including phenoxy) is 1. The number of imidazole rings is 1. The van der Waals surface area contributed by atoms with Crippen LogP contribution >= 0.6 is 0 Å². The van der Waals surface area contributed by atoms with Crippen LogP contribution in [0.25, 0.3) is 22.5 Å². The number of nitrogens with one attached hydrogen (secondary N) is 1. The van der Waals surface area contributed by atoms with Crippen LogP contribution in [0.2, 0.25) is 0 Å². The third kappa shape index (κ3) is 3.06. The zero-order valence-electron chi connectivity index (χ0n) is 14.3. The molecule has 7 heteroatoms. The molecule has 0 bridgehead atoms. The Morgan fingerprint density at radius 3 is 2.77 bits per heavy atom. The van der Waals surface area contributed by atoms with Crippen LogP contribution in [-0.4, -0.2) is 26.1 Å². The highest BCUT2D eigenvalue weighted by molar-refractivity contribution is 5.90. The third-order valence-electron chi connectivity index (χ3n) is 3.95. The van der Waals surface area contributed by atoms with E-state index in [9.17, 15) is 4.79 Å². The molecule has 1 atom stereocenters. The van der Waals surface area contributed by atoms with Crippen molar-refractivity contribution in [3.63, 3.8) is 0 Å². The minimum absolute atomic E-state index is 0.363. The number of carbonyl (C=O) groups excluding carboxylic acids is 1. The lowest BCUT2D eigenvalue weighted by atomic mass is 10.1. The maximum absolute atomic E-state index is 12.5. The molecule has 0 amide bonds. The van der Waals surface area contributed by atoms with Gasteiger partial charge in [0, 0.05) is 12.5 Å². The zero-order valence-corrected chi connectivity index (χ0v) is 14.3. The Kier molecular flexibility index (Phi) is 3.96. The molecule has 1 N–H and O–H groups in total. The Morgan fingerprint density at radius 1 is 1.15 bits per heavy atom. The molecule has 0 spiro atoms. The summed E-state index contributed by atoms with van der Waals surface area (Å²) in [5.74, 6) is 0.980. The molecule has 0 saturated carbocycles. The second kappa shape index (κ2) is 6.44. The van der Waals surface area contributed by atoms with Crippen molar-refractivity contribution < 1.29 is 13.9 Å². The molecule has 0 radical (unpaired) electrons. The summed E-state index contributed by atoms with van der Waals surface area (Å²) in [5, 5.41) is 7.77.